The fraction of sp³-hybridized carbons (Fsp3) is 0.211. The summed E-state index contributed by atoms with van der Waals surface area (Å²) in [4.78, 5) is 24.3. The first-order chi connectivity index (χ1) is 22.3. The molecule has 0 aliphatic heterocycles. The van der Waals surface area contributed by atoms with Crippen molar-refractivity contribution in [1.29, 1.82) is 0 Å². The number of carbonyl (C=O) groups is 2. The summed E-state index contributed by atoms with van der Waals surface area (Å²) in [6, 6.07) is 30.8. The third-order valence-electron chi connectivity index (χ3n) is 6.95. The summed E-state index contributed by atoms with van der Waals surface area (Å²) in [6.45, 7) is 3.75. The van der Waals surface area contributed by atoms with Crippen LogP contribution in [0, 0.1) is 6.92 Å². The molecule has 4 aromatic carbocycles. The van der Waals surface area contributed by atoms with Crippen LogP contribution in [0.2, 0.25) is 0 Å². The Balaban J connectivity index is 1.20. The van der Waals surface area contributed by atoms with Crippen LogP contribution in [0.3, 0.4) is 0 Å². The van der Waals surface area contributed by atoms with Gasteiger partial charge < -0.3 is 19.7 Å². The molecule has 0 aliphatic rings. The van der Waals surface area contributed by atoms with E-state index in [9.17, 15) is 14.7 Å². The summed E-state index contributed by atoms with van der Waals surface area (Å²) in [5.41, 5.74) is 6.48. The maximum Gasteiger partial charge on any atom is 0.341 e. The fourth-order valence-electron chi connectivity index (χ4n) is 4.60. The average molecular weight is 655 g/mol. The first kappa shape index (κ1) is 34.6. The molecule has 46 heavy (non-hydrogen) atoms. The molecule has 6 nitrogen and oxygen atoms in total. The number of ether oxygens (including phenoxy) is 2. The third kappa shape index (κ3) is 11.3. The van der Waals surface area contributed by atoms with E-state index in [0.717, 1.165) is 49.1 Å². The Morgan fingerprint density at radius 3 is 1.80 bits per heavy atom. The lowest BCUT2D eigenvalue weighted by molar-refractivity contribution is -0.150. The minimum Gasteiger partial charge on any atom is -0.482 e. The predicted molar refractivity (Wildman–Crippen MR) is 189 cm³/mol. The molecule has 0 aromatic heterocycles. The second kappa shape index (κ2) is 18.0. The van der Waals surface area contributed by atoms with Gasteiger partial charge in [0.1, 0.15) is 5.75 Å². The molecule has 1 atom stereocenters. The van der Waals surface area contributed by atoms with Crippen LogP contribution in [0.15, 0.2) is 113 Å². The zero-order valence-electron chi connectivity index (χ0n) is 25.9. The highest BCUT2D eigenvalue weighted by molar-refractivity contribution is 7.99. The first-order valence-electron chi connectivity index (χ1n) is 15.0. The van der Waals surface area contributed by atoms with E-state index < -0.39 is 18.0 Å². The lowest BCUT2D eigenvalue weighted by Gasteiger charge is -2.12. The number of carboxylic acid groups (broad SMARTS) is 2. The first-order valence-corrected chi connectivity index (χ1v) is 17.0. The molecule has 0 spiro atoms. The van der Waals surface area contributed by atoms with Gasteiger partial charge in [0.25, 0.3) is 0 Å². The van der Waals surface area contributed by atoms with Crippen LogP contribution in [-0.2, 0) is 20.7 Å². The average Bonchev–Trinajstić information content (AvgIpc) is 3.05. The molecule has 238 valence electrons. The molecule has 8 heteroatoms. The van der Waals surface area contributed by atoms with Gasteiger partial charge in [-0.25, -0.2) is 9.59 Å². The molecule has 0 saturated heterocycles. The van der Waals surface area contributed by atoms with Crippen LogP contribution in [0.25, 0.3) is 23.3 Å². The van der Waals surface area contributed by atoms with E-state index in [1.165, 1.54) is 5.56 Å². The van der Waals surface area contributed by atoms with Crippen LogP contribution in [0.5, 0.6) is 5.75 Å². The number of aliphatic carboxylic acids is 2. The van der Waals surface area contributed by atoms with Crippen LogP contribution < -0.4 is 4.74 Å². The van der Waals surface area contributed by atoms with Crippen molar-refractivity contribution < 1.29 is 29.3 Å². The van der Waals surface area contributed by atoms with Crippen molar-refractivity contribution in [3.8, 4) is 16.9 Å². The van der Waals surface area contributed by atoms with E-state index in [0.29, 0.717) is 18.8 Å². The molecular formula is C38H38O6S2. The quantitative estimate of drug-likeness (QED) is 0.109. The van der Waals surface area contributed by atoms with Crippen LogP contribution in [-0.4, -0.2) is 53.0 Å². The van der Waals surface area contributed by atoms with Crippen molar-refractivity contribution in [3.63, 3.8) is 0 Å². The maximum absolute atomic E-state index is 11.3. The molecule has 4 rings (SSSR count). The lowest BCUT2D eigenvalue weighted by Crippen LogP contribution is -2.26. The second-order valence-corrected chi connectivity index (χ2v) is 12.6. The van der Waals surface area contributed by atoms with E-state index in [1.54, 1.807) is 30.4 Å². The van der Waals surface area contributed by atoms with Crippen LogP contribution in [0.4, 0.5) is 0 Å². The monoisotopic (exact) mass is 654 g/mol. The number of hydrogen-bond acceptors (Lipinski definition) is 6. The van der Waals surface area contributed by atoms with Gasteiger partial charge in [-0.05, 0) is 77.6 Å². The second-order valence-electron chi connectivity index (χ2n) is 10.4. The Morgan fingerprint density at radius 1 is 0.761 bits per heavy atom. The lowest BCUT2D eigenvalue weighted by atomic mass is 10.0. The highest BCUT2D eigenvalue weighted by atomic mass is 32.2. The Kier molecular flexibility index (Phi) is 13.6. The molecule has 0 heterocycles. The molecule has 1 unspecified atom stereocenters. The van der Waals surface area contributed by atoms with Crippen molar-refractivity contribution >= 4 is 47.6 Å². The molecule has 0 aliphatic carbocycles. The molecule has 0 bridgehead atoms. The van der Waals surface area contributed by atoms with Gasteiger partial charge in [-0.2, -0.15) is 0 Å². The molecule has 0 fully saturated rings. The number of benzene rings is 4. The van der Waals surface area contributed by atoms with E-state index in [4.69, 9.17) is 14.6 Å². The molecule has 4 aromatic rings. The zero-order valence-corrected chi connectivity index (χ0v) is 27.6. The summed E-state index contributed by atoms with van der Waals surface area (Å²) in [7, 11) is 0. The number of thioether (sulfide) groups is 2. The van der Waals surface area contributed by atoms with E-state index >= 15 is 0 Å². The zero-order chi connectivity index (χ0) is 32.7. The van der Waals surface area contributed by atoms with Gasteiger partial charge in [0.15, 0.2) is 12.7 Å². The minimum absolute atomic E-state index is 0.340. The van der Waals surface area contributed by atoms with Crippen molar-refractivity contribution in [2.75, 3.05) is 24.7 Å². The Labute approximate surface area is 279 Å². The summed E-state index contributed by atoms with van der Waals surface area (Å²) in [5.74, 6) is 0.327. The highest BCUT2D eigenvalue weighted by Gasteiger charge is 2.17. The Hall–Kier alpha value is -4.24. The highest BCUT2D eigenvalue weighted by Crippen LogP contribution is 2.27. The summed E-state index contributed by atoms with van der Waals surface area (Å²) in [5, 5.41) is 18.1. The van der Waals surface area contributed by atoms with Gasteiger partial charge in [0.2, 0.25) is 0 Å². The number of rotatable bonds is 17. The van der Waals surface area contributed by atoms with Crippen LogP contribution >= 0.6 is 23.5 Å². The van der Waals surface area contributed by atoms with Crippen LogP contribution in [0.1, 0.15) is 29.2 Å². The smallest absolute Gasteiger partial charge is 0.341 e. The van der Waals surface area contributed by atoms with Crippen molar-refractivity contribution in [3.05, 3.63) is 125 Å². The van der Waals surface area contributed by atoms with E-state index in [-0.39, 0.29) is 6.61 Å². The summed E-state index contributed by atoms with van der Waals surface area (Å²) < 4.78 is 10.6. The largest absolute Gasteiger partial charge is 0.482 e. The molecular weight excluding hydrogens is 617 g/mol. The SMILES string of the molecule is CCOC(Cc1ccc(SC/C=C/c2ccc(-c3ccc(/C=C/CSc4ccc(OCC(=O)O)c(C)c4)cc3)cc2)cc1)C(=O)O. The number of hydrogen-bond donors (Lipinski definition) is 2. The van der Waals surface area contributed by atoms with E-state index in [2.05, 4.69) is 72.8 Å². The van der Waals surface area contributed by atoms with Gasteiger partial charge in [0.05, 0.1) is 0 Å². The normalized spacial score (nSPS) is 12.0. The standard InChI is InChI=1S/C38H38O6S2/c1-3-43-36(38(41)42)25-30-12-18-33(19-13-30)45-22-4-6-28-8-14-31(15-9-28)32-16-10-29(11-17-32)7-5-23-46-34-20-21-35(27(2)24-34)44-26-37(39)40/h4-21,24,36H,3,22-23,25-26H2,1-2H3,(H,39,40)(H,41,42)/b6-4+,7-5+. The predicted octanol–water partition coefficient (Wildman–Crippen LogP) is 8.77. The molecule has 0 saturated carbocycles. The van der Waals surface area contributed by atoms with Crippen molar-refractivity contribution in [2.24, 2.45) is 0 Å². The van der Waals surface area contributed by atoms with Crippen molar-refractivity contribution in [1.82, 2.24) is 0 Å². The fourth-order valence-corrected chi connectivity index (χ4v) is 6.12. The van der Waals surface area contributed by atoms with Crippen molar-refractivity contribution in [2.45, 2.75) is 36.2 Å². The summed E-state index contributed by atoms with van der Waals surface area (Å²) in [6.07, 6.45) is 8.07. The minimum atomic E-state index is -0.987. The summed E-state index contributed by atoms with van der Waals surface area (Å²) >= 11 is 3.44. The van der Waals surface area contributed by atoms with E-state index in [1.807, 2.05) is 49.4 Å². The van der Waals surface area contributed by atoms with Gasteiger partial charge in [0, 0.05) is 34.3 Å². The van der Waals surface area contributed by atoms with Gasteiger partial charge in [-0.3, -0.25) is 0 Å². The third-order valence-corrected chi connectivity index (χ3v) is 8.86. The maximum atomic E-state index is 11.3. The van der Waals surface area contributed by atoms with Gasteiger partial charge in [-0.1, -0.05) is 85.0 Å². The Morgan fingerprint density at radius 2 is 1.30 bits per heavy atom. The number of aryl methyl sites for hydroxylation is 1. The molecule has 2 N–H and O–H groups in total. The Bertz CT molecular complexity index is 1630. The van der Waals surface area contributed by atoms with Gasteiger partial charge in [-0.15, -0.1) is 23.5 Å². The topological polar surface area (TPSA) is 93.1 Å². The van der Waals surface area contributed by atoms with Gasteiger partial charge >= 0.3 is 11.9 Å². The molecule has 0 radical (unpaired) electrons. The number of carboxylic acids is 2. The molecule has 0 amide bonds.